The second-order valence-corrected chi connectivity index (χ2v) is 9.83. The van der Waals surface area contributed by atoms with Crippen LogP contribution in [0, 0.1) is 0 Å². The van der Waals surface area contributed by atoms with Gasteiger partial charge in [0.25, 0.3) is 0 Å². The molecule has 2 aromatic carbocycles. The van der Waals surface area contributed by atoms with E-state index in [9.17, 15) is 22.0 Å². The van der Waals surface area contributed by atoms with Crippen LogP contribution in [0.25, 0.3) is 6.08 Å². The molecule has 0 amide bonds. The second-order valence-electron chi connectivity index (χ2n) is 7.84. The number of benzene rings is 2. The maximum atomic E-state index is 13.2. The molecule has 0 bridgehead atoms. The average Bonchev–Trinajstić information content (AvgIpc) is 2.78. The SMILES string of the molecule is CC(=O)c1ccc(N2CCN(S(=O)(=O)C3=Cc4ccc(OC(F)F)cc4CC3)CC2)cc1. The monoisotopic (exact) mass is 462 g/mol. The van der Waals surface area contributed by atoms with Crippen molar-refractivity contribution in [3.8, 4) is 5.75 Å². The number of ketones is 1. The summed E-state index contributed by atoms with van der Waals surface area (Å²) in [7, 11) is -3.61. The van der Waals surface area contributed by atoms with Gasteiger partial charge in [-0.15, -0.1) is 0 Å². The molecule has 1 aliphatic heterocycles. The number of allylic oxidation sites excluding steroid dienone is 1. The summed E-state index contributed by atoms with van der Waals surface area (Å²) in [6, 6.07) is 11.9. The Labute approximate surface area is 186 Å². The van der Waals surface area contributed by atoms with Gasteiger partial charge in [0.15, 0.2) is 5.78 Å². The van der Waals surface area contributed by atoms with E-state index in [0.717, 1.165) is 11.3 Å². The average molecular weight is 463 g/mol. The summed E-state index contributed by atoms with van der Waals surface area (Å²) in [4.78, 5) is 13.9. The van der Waals surface area contributed by atoms with E-state index in [1.807, 2.05) is 12.1 Å². The van der Waals surface area contributed by atoms with Crippen LogP contribution < -0.4 is 9.64 Å². The lowest BCUT2D eigenvalue weighted by Gasteiger charge is -2.36. The zero-order valence-electron chi connectivity index (χ0n) is 17.6. The number of rotatable bonds is 6. The minimum absolute atomic E-state index is 0.00700. The number of fused-ring (bicyclic) bond motifs is 1. The van der Waals surface area contributed by atoms with Crippen LogP contribution in [-0.4, -0.2) is 51.3 Å². The van der Waals surface area contributed by atoms with Gasteiger partial charge in [-0.1, -0.05) is 6.07 Å². The molecule has 170 valence electrons. The lowest BCUT2D eigenvalue weighted by molar-refractivity contribution is -0.0498. The van der Waals surface area contributed by atoms with E-state index >= 15 is 0 Å². The van der Waals surface area contributed by atoms with Gasteiger partial charge in [-0.3, -0.25) is 4.79 Å². The number of carbonyl (C=O) groups excluding carboxylic acids is 1. The number of halogens is 2. The highest BCUT2D eigenvalue weighted by molar-refractivity contribution is 7.93. The molecule has 0 saturated carbocycles. The lowest BCUT2D eigenvalue weighted by Crippen LogP contribution is -2.49. The molecule has 2 aromatic rings. The summed E-state index contributed by atoms with van der Waals surface area (Å²) in [5.74, 6) is 0.0819. The molecule has 1 fully saturated rings. The molecule has 1 saturated heterocycles. The van der Waals surface area contributed by atoms with Gasteiger partial charge < -0.3 is 9.64 Å². The Hall–Kier alpha value is -2.78. The van der Waals surface area contributed by atoms with Crippen molar-refractivity contribution in [1.29, 1.82) is 0 Å². The van der Waals surface area contributed by atoms with Gasteiger partial charge in [-0.2, -0.15) is 13.1 Å². The van der Waals surface area contributed by atoms with Crippen LogP contribution in [0.15, 0.2) is 47.4 Å². The summed E-state index contributed by atoms with van der Waals surface area (Å²) < 4.78 is 57.2. The molecule has 0 spiro atoms. The van der Waals surface area contributed by atoms with Crippen LogP contribution in [0.1, 0.15) is 34.8 Å². The highest BCUT2D eigenvalue weighted by atomic mass is 32.2. The second kappa shape index (κ2) is 8.99. The minimum atomic E-state index is -3.61. The fraction of sp³-hybridized carbons (Fsp3) is 0.348. The van der Waals surface area contributed by atoms with Crippen molar-refractivity contribution in [3.63, 3.8) is 0 Å². The summed E-state index contributed by atoms with van der Waals surface area (Å²) in [6.07, 6.45) is 2.40. The molecule has 6 nitrogen and oxygen atoms in total. The zero-order valence-corrected chi connectivity index (χ0v) is 18.4. The van der Waals surface area contributed by atoms with E-state index < -0.39 is 16.6 Å². The Kier molecular flexibility index (Phi) is 6.30. The molecule has 0 N–H and O–H groups in total. The molecule has 1 heterocycles. The van der Waals surface area contributed by atoms with Crippen LogP contribution >= 0.6 is 0 Å². The Balaban J connectivity index is 1.44. The predicted molar refractivity (Wildman–Crippen MR) is 119 cm³/mol. The fourth-order valence-electron chi connectivity index (χ4n) is 4.08. The molecular formula is C23H24F2N2O4S. The van der Waals surface area contributed by atoms with Crippen LogP contribution in [0.2, 0.25) is 0 Å². The molecule has 0 unspecified atom stereocenters. The number of hydrogen-bond acceptors (Lipinski definition) is 5. The van der Waals surface area contributed by atoms with Crippen molar-refractivity contribution >= 4 is 27.6 Å². The van der Waals surface area contributed by atoms with Crippen molar-refractivity contribution in [2.75, 3.05) is 31.1 Å². The van der Waals surface area contributed by atoms with E-state index in [2.05, 4.69) is 9.64 Å². The Morgan fingerprint density at radius 3 is 2.31 bits per heavy atom. The van der Waals surface area contributed by atoms with E-state index in [1.165, 1.54) is 23.4 Å². The number of ether oxygens (including phenoxy) is 1. The first-order valence-corrected chi connectivity index (χ1v) is 11.8. The van der Waals surface area contributed by atoms with Gasteiger partial charge in [-0.05, 0) is 73.4 Å². The fourth-order valence-corrected chi connectivity index (χ4v) is 5.69. The highest BCUT2D eigenvalue weighted by Crippen LogP contribution is 2.32. The number of nitrogens with zero attached hydrogens (tertiary/aromatic N) is 2. The number of sulfonamides is 1. The number of Topliss-reactive ketones (excluding diaryl/α,β-unsaturated/α-hetero) is 1. The van der Waals surface area contributed by atoms with Crippen molar-refractivity contribution in [2.45, 2.75) is 26.4 Å². The number of aryl methyl sites for hydroxylation is 1. The third-order valence-corrected chi connectivity index (χ3v) is 7.88. The molecule has 0 aromatic heterocycles. The van der Waals surface area contributed by atoms with Crippen molar-refractivity contribution < 1.29 is 26.7 Å². The van der Waals surface area contributed by atoms with Crippen molar-refractivity contribution in [2.24, 2.45) is 0 Å². The molecule has 0 atom stereocenters. The Bertz CT molecular complexity index is 1140. The topological polar surface area (TPSA) is 66.9 Å². The molecule has 9 heteroatoms. The first-order chi connectivity index (χ1) is 15.2. The molecular weight excluding hydrogens is 438 g/mol. The van der Waals surface area contributed by atoms with E-state index in [4.69, 9.17) is 0 Å². The molecule has 2 aliphatic rings. The summed E-state index contributed by atoms with van der Waals surface area (Å²) >= 11 is 0. The van der Waals surface area contributed by atoms with Crippen LogP contribution in [-0.2, 0) is 16.4 Å². The number of carbonyl (C=O) groups is 1. The Morgan fingerprint density at radius 2 is 1.69 bits per heavy atom. The normalized spacial score (nSPS) is 17.1. The maximum Gasteiger partial charge on any atom is 0.387 e. The van der Waals surface area contributed by atoms with Crippen molar-refractivity contribution in [1.82, 2.24) is 4.31 Å². The minimum Gasteiger partial charge on any atom is -0.435 e. The lowest BCUT2D eigenvalue weighted by atomic mass is 9.97. The van der Waals surface area contributed by atoms with Gasteiger partial charge in [0.2, 0.25) is 10.0 Å². The smallest absolute Gasteiger partial charge is 0.387 e. The largest absolute Gasteiger partial charge is 0.435 e. The van der Waals surface area contributed by atoms with Crippen molar-refractivity contribution in [3.05, 3.63) is 64.1 Å². The number of alkyl halides is 2. The number of hydrogen-bond donors (Lipinski definition) is 0. The first kappa shape index (κ1) is 22.4. The van der Waals surface area contributed by atoms with Crippen LogP contribution in [0.4, 0.5) is 14.5 Å². The third kappa shape index (κ3) is 4.68. The zero-order chi connectivity index (χ0) is 22.9. The maximum absolute atomic E-state index is 13.2. The first-order valence-electron chi connectivity index (χ1n) is 10.4. The summed E-state index contributed by atoms with van der Waals surface area (Å²) in [5.41, 5.74) is 3.11. The summed E-state index contributed by atoms with van der Waals surface area (Å²) in [5, 5.41) is 0. The standard InChI is InChI=1S/C23H24F2N2O4S/c1-16(28)17-2-6-20(7-3-17)26-10-12-27(13-11-26)32(29,30)22-9-5-18-14-21(31-23(24)25)8-4-19(18)15-22/h2-4,6-8,14-15,23H,5,9-13H2,1H3. The molecule has 4 rings (SSSR count). The molecule has 32 heavy (non-hydrogen) atoms. The van der Waals surface area contributed by atoms with Gasteiger partial charge in [0, 0.05) is 37.4 Å². The Morgan fingerprint density at radius 1 is 1.00 bits per heavy atom. The summed E-state index contributed by atoms with van der Waals surface area (Å²) in [6.45, 7) is 0.458. The van der Waals surface area contributed by atoms with Gasteiger partial charge in [0.05, 0.1) is 4.91 Å². The highest BCUT2D eigenvalue weighted by Gasteiger charge is 2.31. The third-order valence-electron chi connectivity index (χ3n) is 5.85. The number of piperazine rings is 1. The predicted octanol–water partition coefficient (Wildman–Crippen LogP) is 3.93. The molecule has 1 aliphatic carbocycles. The molecule has 0 radical (unpaired) electrons. The van der Waals surface area contributed by atoms with Gasteiger partial charge in [0.1, 0.15) is 5.75 Å². The quantitative estimate of drug-likeness (QED) is 0.609. The van der Waals surface area contributed by atoms with E-state index in [1.54, 1.807) is 24.3 Å². The van der Waals surface area contributed by atoms with E-state index in [0.29, 0.717) is 55.1 Å². The van der Waals surface area contributed by atoms with Gasteiger partial charge >= 0.3 is 6.61 Å². The van der Waals surface area contributed by atoms with Crippen LogP contribution in [0.5, 0.6) is 5.75 Å². The van der Waals surface area contributed by atoms with Gasteiger partial charge in [-0.25, -0.2) is 8.42 Å². The van der Waals surface area contributed by atoms with E-state index in [-0.39, 0.29) is 11.5 Å². The van der Waals surface area contributed by atoms with Crippen LogP contribution in [0.3, 0.4) is 0 Å². The number of anilines is 1.